The summed E-state index contributed by atoms with van der Waals surface area (Å²) in [5.41, 5.74) is 3.12. The Morgan fingerprint density at radius 1 is 1.09 bits per heavy atom. The van der Waals surface area contributed by atoms with Crippen LogP contribution in [0.15, 0.2) is 41.3 Å². The Labute approximate surface area is 210 Å². The minimum Gasteiger partial charge on any atom is -0.494 e. The number of amides is 1. The van der Waals surface area contributed by atoms with Crippen LogP contribution in [0.25, 0.3) is 10.2 Å². The van der Waals surface area contributed by atoms with Crippen LogP contribution >= 0.6 is 11.3 Å². The predicted molar refractivity (Wildman–Crippen MR) is 140 cm³/mol. The molecule has 0 radical (unpaired) electrons. The number of hydrogen-bond acceptors (Lipinski definition) is 8. The molecule has 1 N–H and O–H groups in total. The van der Waals surface area contributed by atoms with Crippen LogP contribution in [-0.4, -0.2) is 76.3 Å². The van der Waals surface area contributed by atoms with Gasteiger partial charge in [0.25, 0.3) is 0 Å². The molecule has 188 valence electrons. The first-order chi connectivity index (χ1) is 16.8. The topological polar surface area (TPSA) is 91.8 Å². The van der Waals surface area contributed by atoms with Crippen LogP contribution in [0.2, 0.25) is 0 Å². The number of hydrogen-bond donors (Lipinski definition) is 1. The number of piperazine rings is 1. The van der Waals surface area contributed by atoms with E-state index in [9.17, 15) is 13.2 Å². The lowest BCUT2D eigenvalue weighted by Gasteiger charge is -2.34. The van der Waals surface area contributed by atoms with Crippen LogP contribution in [0.1, 0.15) is 17.5 Å². The molecule has 0 spiro atoms. The lowest BCUT2D eigenvalue weighted by Crippen LogP contribution is -2.48. The van der Waals surface area contributed by atoms with Crippen molar-refractivity contribution in [3.63, 3.8) is 0 Å². The molecule has 1 fully saturated rings. The highest BCUT2D eigenvalue weighted by Gasteiger charge is 2.21. The second-order valence-electron chi connectivity index (χ2n) is 8.82. The summed E-state index contributed by atoms with van der Waals surface area (Å²) in [6.45, 7) is 8.72. The van der Waals surface area contributed by atoms with E-state index in [2.05, 4.69) is 28.1 Å². The smallest absolute Gasteiger partial charge is 0.221 e. The van der Waals surface area contributed by atoms with Gasteiger partial charge in [0, 0.05) is 45.7 Å². The van der Waals surface area contributed by atoms with E-state index in [-0.39, 0.29) is 23.0 Å². The molecule has 1 aliphatic rings. The van der Waals surface area contributed by atoms with E-state index >= 15 is 0 Å². The largest absolute Gasteiger partial charge is 0.494 e. The maximum Gasteiger partial charge on any atom is 0.221 e. The molecule has 0 atom stereocenters. The Morgan fingerprint density at radius 2 is 1.80 bits per heavy atom. The number of ether oxygens (including phenoxy) is 1. The third-order valence-corrected chi connectivity index (χ3v) is 9.27. The molecule has 1 amide bonds. The summed E-state index contributed by atoms with van der Waals surface area (Å²) in [7, 11) is -1.79. The van der Waals surface area contributed by atoms with Gasteiger partial charge in [-0.25, -0.2) is 13.4 Å². The van der Waals surface area contributed by atoms with Gasteiger partial charge in [-0.05, 0) is 37.6 Å². The summed E-state index contributed by atoms with van der Waals surface area (Å²) in [5.74, 6) is 0.375. The second-order valence-corrected chi connectivity index (χ2v) is 11.9. The number of carbonyl (C=O) groups excluding carboxylic acids is 1. The summed E-state index contributed by atoms with van der Waals surface area (Å²) >= 11 is 1.70. The van der Waals surface area contributed by atoms with Gasteiger partial charge in [0.1, 0.15) is 11.3 Å². The van der Waals surface area contributed by atoms with E-state index in [1.54, 1.807) is 42.7 Å². The quantitative estimate of drug-likeness (QED) is 0.467. The molecule has 0 saturated carbocycles. The summed E-state index contributed by atoms with van der Waals surface area (Å²) < 4.78 is 31.5. The van der Waals surface area contributed by atoms with Crippen LogP contribution in [0.3, 0.4) is 0 Å². The SMILES string of the molecule is COc1ccc(C)c2sc(N3CCN(CCNC(=O)CCS(=O)(=O)c4ccc(C)cc4)CC3)nc12. The van der Waals surface area contributed by atoms with E-state index in [0.717, 1.165) is 59.4 Å². The highest BCUT2D eigenvalue weighted by Crippen LogP contribution is 2.36. The van der Waals surface area contributed by atoms with Crippen molar-refractivity contribution in [2.24, 2.45) is 0 Å². The molecule has 0 bridgehead atoms. The number of sulfone groups is 1. The number of aryl methyl sites for hydroxylation is 2. The highest BCUT2D eigenvalue weighted by atomic mass is 32.2. The second kappa shape index (κ2) is 10.9. The van der Waals surface area contributed by atoms with Crippen molar-refractivity contribution in [2.75, 3.05) is 57.0 Å². The van der Waals surface area contributed by atoms with Crippen molar-refractivity contribution >= 4 is 42.4 Å². The number of benzene rings is 2. The average molecular weight is 517 g/mol. The van der Waals surface area contributed by atoms with Gasteiger partial charge in [0.2, 0.25) is 5.91 Å². The van der Waals surface area contributed by atoms with Crippen molar-refractivity contribution in [2.45, 2.75) is 25.2 Å². The third kappa shape index (κ3) is 6.12. The summed E-state index contributed by atoms with van der Waals surface area (Å²) in [6, 6.07) is 10.7. The van der Waals surface area contributed by atoms with Crippen molar-refractivity contribution in [3.8, 4) is 5.75 Å². The fraction of sp³-hybridized carbons (Fsp3) is 0.440. The van der Waals surface area contributed by atoms with Crippen LogP contribution in [0, 0.1) is 13.8 Å². The normalized spacial score (nSPS) is 14.9. The Bertz CT molecular complexity index is 1280. The molecule has 0 unspecified atom stereocenters. The average Bonchev–Trinajstić information content (AvgIpc) is 3.30. The summed E-state index contributed by atoms with van der Waals surface area (Å²) in [5, 5.41) is 3.87. The van der Waals surface area contributed by atoms with Crippen LogP contribution in [-0.2, 0) is 14.6 Å². The Morgan fingerprint density at radius 3 is 2.49 bits per heavy atom. The van der Waals surface area contributed by atoms with E-state index < -0.39 is 9.84 Å². The molecule has 10 heteroatoms. The molecule has 3 aromatic rings. The predicted octanol–water partition coefficient (Wildman–Crippen LogP) is 3.02. The summed E-state index contributed by atoms with van der Waals surface area (Å²) in [4.78, 5) is 21.9. The molecule has 2 aromatic carbocycles. The van der Waals surface area contributed by atoms with Crippen molar-refractivity contribution in [3.05, 3.63) is 47.5 Å². The van der Waals surface area contributed by atoms with Gasteiger partial charge in [0.05, 0.1) is 22.5 Å². The minimum absolute atomic E-state index is 0.0372. The highest BCUT2D eigenvalue weighted by molar-refractivity contribution is 7.91. The molecule has 1 aromatic heterocycles. The van der Waals surface area contributed by atoms with Gasteiger partial charge in [0.15, 0.2) is 15.0 Å². The summed E-state index contributed by atoms with van der Waals surface area (Å²) in [6.07, 6.45) is -0.0372. The zero-order valence-corrected chi connectivity index (χ0v) is 22.0. The molecule has 8 nitrogen and oxygen atoms in total. The number of carbonyl (C=O) groups is 1. The van der Waals surface area contributed by atoms with Crippen LogP contribution < -0.4 is 15.0 Å². The molecule has 4 rings (SSSR count). The molecule has 0 aliphatic carbocycles. The van der Waals surface area contributed by atoms with Gasteiger partial charge in [-0.1, -0.05) is 35.1 Å². The number of methoxy groups -OCH3 is 1. The zero-order valence-electron chi connectivity index (χ0n) is 20.4. The number of nitrogens with one attached hydrogen (secondary N) is 1. The molecular weight excluding hydrogens is 484 g/mol. The van der Waals surface area contributed by atoms with E-state index in [1.807, 2.05) is 13.0 Å². The lowest BCUT2D eigenvalue weighted by atomic mass is 10.2. The first-order valence-corrected chi connectivity index (χ1v) is 14.2. The van der Waals surface area contributed by atoms with Gasteiger partial charge in [-0.15, -0.1) is 0 Å². The number of anilines is 1. The fourth-order valence-corrected chi connectivity index (χ4v) is 6.44. The van der Waals surface area contributed by atoms with E-state index in [1.165, 1.54) is 5.56 Å². The van der Waals surface area contributed by atoms with E-state index in [4.69, 9.17) is 9.72 Å². The van der Waals surface area contributed by atoms with Gasteiger partial charge in [-0.2, -0.15) is 0 Å². The van der Waals surface area contributed by atoms with Gasteiger partial charge >= 0.3 is 0 Å². The Hall–Kier alpha value is -2.69. The van der Waals surface area contributed by atoms with Crippen molar-refractivity contribution in [1.29, 1.82) is 0 Å². The first-order valence-electron chi connectivity index (χ1n) is 11.7. The molecule has 1 aliphatic heterocycles. The molecule has 1 saturated heterocycles. The number of thiazole rings is 1. The zero-order chi connectivity index (χ0) is 25.0. The maximum atomic E-state index is 12.4. The maximum absolute atomic E-state index is 12.4. The standard InChI is InChI=1S/C25H32N4O4S2/c1-18-4-7-20(8-5-18)35(31,32)17-10-22(30)26-11-12-28-13-15-29(16-14-28)25-27-23-21(33-3)9-6-19(2)24(23)34-25/h4-9H,10-17H2,1-3H3,(H,26,30). The number of aromatic nitrogens is 1. The Balaban J connectivity index is 1.21. The number of rotatable bonds is 9. The monoisotopic (exact) mass is 516 g/mol. The van der Waals surface area contributed by atoms with Crippen LogP contribution in [0.5, 0.6) is 5.75 Å². The van der Waals surface area contributed by atoms with E-state index in [0.29, 0.717) is 6.54 Å². The Kier molecular flexibility index (Phi) is 7.93. The van der Waals surface area contributed by atoms with Crippen molar-refractivity contribution < 1.29 is 17.9 Å². The lowest BCUT2D eigenvalue weighted by molar-refractivity contribution is -0.120. The van der Waals surface area contributed by atoms with Gasteiger partial charge < -0.3 is 15.0 Å². The third-order valence-electron chi connectivity index (χ3n) is 6.28. The molecular formula is C25H32N4O4S2. The fourth-order valence-electron chi connectivity index (χ4n) is 4.09. The minimum atomic E-state index is -3.46. The van der Waals surface area contributed by atoms with Gasteiger partial charge in [-0.3, -0.25) is 9.69 Å². The van der Waals surface area contributed by atoms with Crippen LogP contribution in [0.4, 0.5) is 5.13 Å². The molecule has 2 heterocycles. The molecule has 35 heavy (non-hydrogen) atoms. The van der Waals surface area contributed by atoms with Crippen molar-refractivity contribution in [1.82, 2.24) is 15.2 Å². The number of fused-ring (bicyclic) bond motifs is 1. The number of nitrogens with zero attached hydrogens (tertiary/aromatic N) is 3. The first kappa shape index (κ1) is 25.4.